The Morgan fingerprint density at radius 1 is 1.26 bits per heavy atom. The van der Waals surface area contributed by atoms with Crippen LogP contribution < -0.4 is 10.6 Å². The first-order chi connectivity index (χ1) is 13.0. The maximum Gasteiger partial charge on any atom is 0.191 e. The molecule has 0 unspecified atom stereocenters. The van der Waals surface area contributed by atoms with Crippen LogP contribution >= 0.6 is 15.9 Å². The van der Waals surface area contributed by atoms with Gasteiger partial charge in [0.15, 0.2) is 11.8 Å². The van der Waals surface area contributed by atoms with Gasteiger partial charge in [0.1, 0.15) is 12.4 Å². The highest BCUT2D eigenvalue weighted by Gasteiger charge is 2.35. The van der Waals surface area contributed by atoms with E-state index in [4.69, 9.17) is 4.99 Å². The van der Waals surface area contributed by atoms with Gasteiger partial charge in [0.2, 0.25) is 0 Å². The predicted molar refractivity (Wildman–Crippen MR) is 113 cm³/mol. The van der Waals surface area contributed by atoms with E-state index in [9.17, 15) is 0 Å². The molecule has 1 aliphatic rings. The summed E-state index contributed by atoms with van der Waals surface area (Å²) in [6, 6.07) is 8.74. The number of nitrogens with zero attached hydrogens (tertiary/aromatic N) is 4. The summed E-state index contributed by atoms with van der Waals surface area (Å²) in [5.74, 6) is 2.60. The lowest BCUT2D eigenvalue weighted by Gasteiger charge is -2.31. The zero-order valence-electron chi connectivity index (χ0n) is 16.4. The molecule has 6 nitrogen and oxygen atoms in total. The van der Waals surface area contributed by atoms with Gasteiger partial charge >= 0.3 is 0 Å². The molecule has 0 spiro atoms. The first-order valence-electron chi connectivity index (χ1n) is 9.67. The van der Waals surface area contributed by atoms with Gasteiger partial charge in [-0.1, -0.05) is 40.9 Å². The van der Waals surface area contributed by atoms with E-state index in [0.717, 1.165) is 35.2 Å². The van der Waals surface area contributed by atoms with E-state index in [1.54, 1.807) is 0 Å². The molecule has 27 heavy (non-hydrogen) atoms. The van der Waals surface area contributed by atoms with Crippen molar-refractivity contribution in [3.63, 3.8) is 0 Å². The standard InChI is InChI=1S/C20H29BrN6/c1-4-22-19(23-13-18-26-25-15(2)27(18)3)24-14-20(10-5-6-11-20)16-8-7-9-17(21)12-16/h7-9,12H,4-6,10-11,13-14H2,1-3H3,(H2,22,23,24). The maximum atomic E-state index is 4.72. The number of halogens is 1. The Kier molecular flexibility index (Phi) is 6.52. The fraction of sp³-hybridized carbons (Fsp3) is 0.550. The van der Waals surface area contributed by atoms with E-state index in [1.165, 1.54) is 31.2 Å². The highest BCUT2D eigenvalue weighted by Crippen LogP contribution is 2.41. The summed E-state index contributed by atoms with van der Waals surface area (Å²) in [5, 5.41) is 15.2. The van der Waals surface area contributed by atoms with Gasteiger partial charge < -0.3 is 15.2 Å². The number of rotatable bonds is 6. The van der Waals surface area contributed by atoms with Crippen LogP contribution in [0.2, 0.25) is 0 Å². The number of hydrogen-bond acceptors (Lipinski definition) is 3. The highest BCUT2D eigenvalue weighted by molar-refractivity contribution is 9.10. The lowest BCUT2D eigenvalue weighted by atomic mass is 9.79. The van der Waals surface area contributed by atoms with Crippen LogP contribution in [-0.4, -0.2) is 33.8 Å². The summed E-state index contributed by atoms with van der Waals surface area (Å²) >= 11 is 3.63. The Bertz CT molecular complexity index is 792. The van der Waals surface area contributed by atoms with Crippen LogP contribution in [-0.2, 0) is 19.0 Å². The van der Waals surface area contributed by atoms with Gasteiger partial charge in [-0.15, -0.1) is 10.2 Å². The van der Waals surface area contributed by atoms with Crippen molar-refractivity contribution in [3.8, 4) is 0 Å². The SMILES string of the molecule is CCNC(=NCc1nnc(C)n1C)NCC1(c2cccc(Br)c2)CCCC1. The van der Waals surface area contributed by atoms with E-state index in [0.29, 0.717) is 6.54 Å². The smallest absolute Gasteiger partial charge is 0.191 e. The molecule has 0 saturated heterocycles. The molecule has 1 aromatic carbocycles. The summed E-state index contributed by atoms with van der Waals surface area (Å²) in [6.45, 7) is 6.26. The number of guanidine groups is 1. The summed E-state index contributed by atoms with van der Waals surface area (Å²) in [7, 11) is 1.97. The molecule has 0 aliphatic heterocycles. The molecule has 146 valence electrons. The fourth-order valence-corrected chi connectivity index (χ4v) is 4.17. The Labute approximate surface area is 170 Å². The van der Waals surface area contributed by atoms with E-state index >= 15 is 0 Å². The largest absolute Gasteiger partial charge is 0.357 e. The number of nitrogens with one attached hydrogen (secondary N) is 2. The number of hydrogen-bond donors (Lipinski definition) is 2. The maximum absolute atomic E-state index is 4.72. The van der Waals surface area contributed by atoms with Gasteiger partial charge in [0, 0.05) is 30.0 Å². The number of aliphatic imine (C=N–C) groups is 1. The Balaban J connectivity index is 1.73. The molecule has 2 aromatic rings. The first kappa shape index (κ1) is 19.9. The van der Waals surface area contributed by atoms with Crippen LogP contribution in [0.5, 0.6) is 0 Å². The van der Waals surface area contributed by atoms with Crippen LogP contribution in [0.1, 0.15) is 49.8 Å². The van der Waals surface area contributed by atoms with Crippen LogP contribution in [0.15, 0.2) is 33.7 Å². The molecule has 1 aromatic heterocycles. The molecule has 0 amide bonds. The van der Waals surface area contributed by atoms with Crippen molar-refractivity contribution in [2.24, 2.45) is 12.0 Å². The van der Waals surface area contributed by atoms with Crippen LogP contribution in [0.25, 0.3) is 0 Å². The quantitative estimate of drug-likeness (QED) is 0.541. The lowest BCUT2D eigenvalue weighted by Crippen LogP contribution is -2.44. The van der Waals surface area contributed by atoms with Crippen LogP contribution in [0.3, 0.4) is 0 Å². The fourth-order valence-electron chi connectivity index (χ4n) is 3.77. The Morgan fingerprint density at radius 2 is 2.04 bits per heavy atom. The van der Waals surface area contributed by atoms with E-state index in [2.05, 4.69) is 68.0 Å². The molecule has 1 heterocycles. The zero-order chi connectivity index (χ0) is 19.3. The molecule has 1 fully saturated rings. The van der Waals surface area contributed by atoms with E-state index in [1.807, 2.05) is 18.5 Å². The summed E-state index contributed by atoms with van der Waals surface area (Å²) in [4.78, 5) is 4.72. The minimum atomic E-state index is 0.168. The third-order valence-electron chi connectivity index (χ3n) is 5.50. The normalized spacial score (nSPS) is 16.5. The molecule has 2 N–H and O–H groups in total. The van der Waals surface area contributed by atoms with Gasteiger partial charge in [-0.25, -0.2) is 4.99 Å². The van der Waals surface area contributed by atoms with E-state index < -0.39 is 0 Å². The summed E-state index contributed by atoms with van der Waals surface area (Å²) in [6.07, 6.45) is 4.97. The summed E-state index contributed by atoms with van der Waals surface area (Å²) < 4.78 is 3.12. The molecule has 1 aliphatic carbocycles. The minimum Gasteiger partial charge on any atom is -0.357 e. The average molecular weight is 433 g/mol. The third-order valence-corrected chi connectivity index (χ3v) is 5.99. The second-order valence-electron chi connectivity index (χ2n) is 7.27. The molecule has 0 bridgehead atoms. The second-order valence-corrected chi connectivity index (χ2v) is 8.18. The van der Waals surface area contributed by atoms with E-state index in [-0.39, 0.29) is 5.41 Å². The highest BCUT2D eigenvalue weighted by atomic mass is 79.9. The van der Waals surface area contributed by atoms with Crippen LogP contribution in [0, 0.1) is 6.92 Å². The topological polar surface area (TPSA) is 67.1 Å². The first-order valence-corrected chi connectivity index (χ1v) is 10.5. The molecule has 7 heteroatoms. The van der Waals surface area contributed by atoms with Gasteiger partial charge in [-0.05, 0) is 44.4 Å². The average Bonchev–Trinajstić information content (AvgIpc) is 3.26. The number of benzene rings is 1. The van der Waals surface area contributed by atoms with Gasteiger partial charge in [0.05, 0.1) is 0 Å². The number of aromatic nitrogens is 3. The second kappa shape index (κ2) is 8.87. The molecule has 3 rings (SSSR count). The van der Waals surface area contributed by atoms with Crippen molar-refractivity contribution >= 4 is 21.9 Å². The van der Waals surface area contributed by atoms with Crippen molar-refractivity contribution in [3.05, 3.63) is 46.0 Å². The predicted octanol–water partition coefficient (Wildman–Crippen LogP) is 3.45. The zero-order valence-corrected chi connectivity index (χ0v) is 18.0. The van der Waals surface area contributed by atoms with Crippen molar-refractivity contribution in [2.75, 3.05) is 13.1 Å². The Morgan fingerprint density at radius 3 is 2.67 bits per heavy atom. The molecular formula is C20H29BrN6. The molecule has 1 saturated carbocycles. The van der Waals surface area contributed by atoms with Gasteiger partial charge in [-0.2, -0.15) is 0 Å². The minimum absolute atomic E-state index is 0.168. The van der Waals surface area contributed by atoms with Crippen molar-refractivity contribution in [1.29, 1.82) is 0 Å². The molecule has 0 radical (unpaired) electrons. The molecule has 0 atom stereocenters. The van der Waals surface area contributed by atoms with Crippen molar-refractivity contribution in [2.45, 2.75) is 51.5 Å². The summed E-state index contributed by atoms with van der Waals surface area (Å²) in [5.41, 5.74) is 1.57. The van der Waals surface area contributed by atoms with Gasteiger partial charge in [-0.3, -0.25) is 0 Å². The molecular weight excluding hydrogens is 404 g/mol. The number of aryl methyl sites for hydroxylation is 1. The third kappa shape index (κ3) is 4.69. The van der Waals surface area contributed by atoms with Crippen LogP contribution in [0.4, 0.5) is 0 Å². The van der Waals surface area contributed by atoms with Crippen molar-refractivity contribution < 1.29 is 0 Å². The van der Waals surface area contributed by atoms with Crippen molar-refractivity contribution in [1.82, 2.24) is 25.4 Å². The van der Waals surface area contributed by atoms with Gasteiger partial charge in [0.25, 0.3) is 0 Å². The Hall–Kier alpha value is -1.89. The lowest BCUT2D eigenvalue weighted by molar-refractivity contribution is 0.431. The monoisotopic (exact) mass is 432 g/mol.